The average molecular weight is 311 g/mol. The van der Waals surface area contributed by atoms with E-state index < -0.39 is 16.0 Å². The van der Waals surface area contributed by atoms with E-state index in [0.717, 1.165) is 25.7 Å². The van der Waals surface area contributed by atoms with Gasteiger partial charge in [-0.3, -0.25) is 0 Å². The minimum atomic E-state index is -3.53. The summed E-state index contributed by atoms with van der Waals surface area (Å²) >= 11 is 0. The zero-order valence-electron chi connectivity index (χ0n) is 12.2. The molecule has 0 amide bonds. The van der Waals surface area contributed by atoms with Crippen LogP contribution >= 0.6 is 0 Å². The first-order chi connectivity index (χ1) is 10.1. The first-order valence-electron chi connectivity index (χ1n) is 7.33. The van der Waals surface area contributed by atoms with Gasteiger partial charge in [-0.25, -0.2) is 13.2 Å². The highest BCUT2D eigenvalue weighted by Gasteiger charge is 2.25. The summed E-state index contributed by atoms with van der Waals surface area (Å²) in [4.78, 5) is 11.9. The SMILES string of the molecule is CCOC(=O)c1cccc(S(=O)(=O)N2CCCCCC2)c1. The second-order valence-electron chi connectivity index (χ2n) is 5.07. The standard InChI is InChI=1S/C15H21NO4S/c1-2-20-15(17)13-8-7-9-14(12-13)21(18,19)16-10-5-3-4-6-11-16/h7-9,12H,2-6,10-11H2,1H3. The van der Waals surface area contributed by atoms with Crippen molar-refractivity contribution in [2.24, 2.45) is 0 Å². The molecule has 0 N–H and O–H groups in total. The van der Waals surface area contributed by atoms with Crippen molar-refractivity contribution in [2.75, 3.05) is 19.7 Å². The van der Waals surface area contributed by atoms with Gasteiger partial charge in [-0.15, -0.1) is 0 Å². The van der Waals surface area contributed by atoms with Gasteiger partial charge in [0.1, 0.15) is 0 Å². The number of hydrogen-bond acceptors (Lipinski definition) is 4. The lowest BCUT2D eigenvalue weighted by Gasteiger charge is -2.20. The number of nitrogens with zero attached hydrogens (tertiary/aromatic N) is 1. The van der Waals surface area contributed by atoms with Gasteiger partial charge in [-0.05, 0) is 38.0 Å². The fourth-order valence-corrected chi connectivity index (χ4v) is 3.99. The number of carbonyl (C=O) groups excluding carboxylic acids is 1. The van der Waals surface area contributed by atoms with E-state index in [4.69, 9.17) is 4.74 Å². The van der Waals surface area contributed by atoms with Crippen molar-refractivity contribution in [1.29, 1.82) is 0 Å². The van der Waals surface area contributed by atoms with Crippen LogP contribution in [0.2, 0.25) is 0 Å². The van der Waals surface area contributed by atoms with Gasteiger partial charge in [0.15, 0.2) is 0 Å². The maximum Gasteiger partial charge on any atom is 0.338 e. The van der Waals surface area contributed by atoms with Crippen LogP contribution in [0.4, 0.5) is 0 Å². The molecule has 0 aliphatic carbocycles. The maximum absolute atomic E-state index is 12.6. The first-order valence-corrected chi connectivity index (χ1v) is 8.77. The van der Waals surface area contributed by atoms with E-state index in [-0.39, 0.29) is 17.1 Å². The third kappa shape index (κ3) is 3.83. The predicted octanol–water partition coefficient (Wildman–Crippen LogP) is 2.43. The number of hydrogen-bond donors (Lipinski definition) is 0. The molecule has 1 aromatic rings. The van der Waals surface area contributed by atoms with Gasteiger partial charge in [-0.1, -0.05) is 18.9 Å². The quantitative estimate of drug-likeness (QED) is 0.801. The molecule has 0 aromatic heterocycles. The molecule has 0 spiro atoms. The normalized spacial score (nSPS) is 17.2. The molecule has 5 nitrogen and oxygen atoms in total. The van der Waals surface area contributed by atoms with Crippen LogP contribution < -0.4 is 0 Å². The Hall–Kier alpha value is -1.40. The largest absolute Gasteiger partial charge is 0.462 e. The summed E-state index contributed by atoms with van der Waals surface area (Å²) in [5.74, 6) is -0.495. The van der Waals surface area contributed by atoms with E-state index in [1.807, 2.05) is 0 Å². The lowest BCUT2D eigenvalue weighted by atomic mass is 10.2. The molecule has 6 heteroatoms. The fraction of sp³-hybridized carbons (Fsp3) is 0.533. The Kier molecular flexibility index (Phi) is 5.36. The van der Waals surface area contributed by atoms with Crippen molar-refractivity contribution in [3.05, 3.63) is 29.8 Å². The summed E-state index contributed by atoms with van der Waals surface area (Å²) in [5, 5.41) is 0. The predicted molar refractivity (Wildman–Crippen MR) is 79.6 cm³/mol. The second kappa shape index (κ2) is 7.04. The van der Waals surface area contributed by atoms with E-state index in [0.29, 0.717) is 13.1 Å². The van der Waals surface area contributed by atoms with Crippen molar-refractivity contribution in [3.8, 4) is 0 Å². The molecule has 0 radical (unpaired) electrons. The van der Waals surface area contributed by atoms with Gasteiger partial charge in [0, 0.05) is 13.1 Å². The Morgan fingerprint density at radius 1 is 1.19 bits per heavy atom. The molecule has 0 unspecified atom stereocenters. The van der Waals surface area contributed by atoms with Crippen LogP contribution in [-0.2, 0) is 14.8 Å². The van der Waals surface area contributed by atoms with E-state index in [2.05, 4.69) is 0 Å². The summed E-state index contributed by atoms with van der Waals surface area (Å²) < 4.78 is 31.7. The Labute approximate surface area is 126 Å². The number of benzene rings is 1. The molecular weight excluding hydrogens is 290 g/mol. The van der Waals surface area contributed by atoms with Gasteiger partial charge in [0.25, 0.3) is 0 Å². The molecular formula is C15H21NO4S. The van der Waals surface area contributed by atoms with Gasteiger partial charge in [-0.2, -0.15) is 4.31 Å². The van der Waals surface area contributed by atoms with Crippen molar-refractivity contribution < 1.29 is 17.9 Å². The van der Waals surface area contributed by atoms with Gasteiger partial charge in [0.2, 0.25) is 10.0 Å². The molecule has 1 aliphatic rings. The average Bonchev–Trinajstić information content (AvgIpc) is 2.77. The molecule has 1 saturated heterocycles. The van der Waals surface area contributed by atoms with Crippen LogP contribution in [0.25, 0.3) is 0 Å². The topological polar surface area (TPSA) is 63.7 Å². The van der Waals surface area contributed by atoms with Gasteiger partial charge in [0.05, 0.1) is 17.1 Å². The van der Waals surface area contributed by atoms with Crippen LogP contribution in [0.3, 0.4) is 0 Å². The van der Waals surface area contributed by atoms with Crippen molar-refractivity contribution in [2.45, 2.75) is 37.5 Å². The highest BCUT2D eigenvalue weighted by Crippen LogP contribution is 2.21. The first kappa shape index (κ1) is 16.0. The lowest BCUT2D eigenvalue weighted by molar-refractivity contribution is 0.0526. The van der Waals surface area contributed by atoms with Crippen molar-refractivity contribution >= 4 is 16.0 Å². The summed E-state index contributed by atoms with van der Waals surface area (Å²) in [6.45, 7) is 3.08. The zero-order chi connectivity index (χ0) is 15.3. The second-order valence-corrected chi connectivity index (χ2v) is 7.00. The maximum atomic E-state index is 12.6. The van der Waals surface area contributed by atoms with E-state index in [1.54, 1.807) is 19.1 Å². The molecule has 1 aliphatic heterocycles. The highest BCUT2D eigenvalue weighted by molar-refractivity contribution is 7.89. The number of ether oxygens (including phenoxy) is 1. The third-order valence-corrected chi connectivity index (χ3v) is 5.44. The van der Waals surface area contributed by atoms with Crippen LogP contribution in [0.5, 0.6) is 0 Å². The molecule has 2 rings (SSSR count). The zero-order valence-corrected chi connectivity index (χ0v) is 13.1. The summed E-state index contributed by atoms with van der Waals surface area (Å²) in [5.41, 5.74) is 0.271. The van der Waals surface area contributed by atoms with Crippen molar-refractivity contribution in [1.82, 2.24) is 4.31 Å². The lowest BCUT2D eigenvalue weighted by Crippen LogP contribution is -2.32. The molecule has 0 atom stereocenters. The van der Waals surface area contributed by atoms with Gasteiger partial charge >= 0.3 is 5.97 Å². The highest BCUT2D eigenvalue weighted by atomic mass is 32.2. The van der Waals surface area contributed by atoms with Crippen LogP contribution in [0.15, 0.2) is 29.2 Å². The van der Waals surface area contributed by atoms with E-state index >= 15 is 0 Å². The Balaban J connectivity index is 2.27. The van der Waals surface area contributed by atoms with Crippen molar-refractivity contribution in [3.63, 3.8) is 0 Å². The molecule has 1 aromatic carbocycles. The molecule has 1 fully saturated rings. The van der Waals surface area contributed by atoms with Crippen LogP contribution in [0.1, 0.15) is 43.0 Å². The molecule has 0 bridgehead atoms. The Bertz CT molecular complexity index is 589. The fourth-order valence-electron chi connectivity index (χ4n) is 2.43. The summed E-state index contributed by atoms with van der Waals surface area (Å²) in [7, 11) is -3.53. The van der Waals surface area contributed by atoms with E-state index in [9.17, 15) is 13.2 Å². The third-order valence-electron chi connectivity index (χ3n) is 3.55. The number of esters is 1. The van der Waals surface area contributed by atoms with Gasteiger partial charge < -0.3 is 4.74 Å². The Morgan fingerprint density at radius 2 is 1.86 bits per heavy atom. The number of rotatable bonds is 4. The van der Waals surface area contributed by atoms with Crippen LogP contribution in [-0.4, -0.2) is 38.4 Å². The minimum Gasteiger partial charge on any atom is -0.462 e. The number of sulfonamides is 1. The Morgan fingerprint density at radius 3 is 2.48 bits per heavy atom. The minimum absolute atomic E-state index is 0.162. The summed E-state index contributed by atoms with van der Waals surface area (Å²) in [6, 6.07) is 6.08. The molecule has 0 saturated carbocycles. The monoisotopic (exact) mass is 311 g/mol. The summed E-state index contributed by atoms with van der Waals surface area (Å²) in [6.07, 6.45) is 3.90. The molecule has 21 heavy (non-hydrogen) atoms. The van der Waals surface area contributed by atoms with Crippen LogP contribution in [0, 0.1) is 0 Å². The molecule has 1 heterocycles. The number of carbonyl (C=O) groups is 1. The molecule has 116 valence electrons. The van der Waals surface area contributed by atoms with E-state index in [1.165, 1.54) is 16.4 Å². The smallest absolute Gasteiger partial charge is 0.338 e.